The molecule has 4 heteroatoms. The first-order valence-electron chi connectivity index (χ1n) is 4.06. The van der Waals surface area contributed by atoms with Crippen LogP contribution in [0.5, 0.6) is 0 Å². The van der Waals surface area contributed by atoms with Crippen LogP contribution in [0.4, 0.5) is 0 Å². The van der Waals surface area contributed by atoms with E-state index in [0.717, 1.165) is 0 Å². The zero-order valence-corrected chi connectivity index (χ0v) is 7.69. The highest BCUT2D eigenvalue weighted by atomic mass is 16.6. The Kier molecular flexibility index (Phi) is 3.46. The van der Waals surface area contributed by atoms with Gasteiger partial charge in [0.15, 0.2) is 0 Å². The summed E-state index contributed by atoms with van der Waals surface area (Å²) in [6.07, 6.45) is -1.13. The van der Waals surface area contributed by atoms with Crippen LogP contribution in [0.3, 0.4) is 0 Å². The fraction of sp³-hybridized carbons (Fsp3) is 1.00. The number of methoxy groups -OCH3 is 2. The first kappa shape index (κ1) is 9.92. The van der Waals surface area contributed by atoms with Gasteiger partial charge in [0.05, 0.1) is 12.7 Å². The minimum atomic E-state index is -0.546. The van der Waals surface area contributed by atoms with Crippen molar-refractivity contribution in [1.29, 1.82) is 0 Å². The monoisotopic (exact) mass is 176 g/mol. The molecule has 1 saturated heterocycles. The van der Waals surface area contributed by atoms with Crippen molar-refractivity contribution in [3.8, 4) is 0 Å². The number of hydrogen-bond donors (Lipinski definition) is 1. The molecule has 0 aliphatic carbocycles. The average molecular weight is 176 g/mol. The van der Waals surface area contributed by atoms with Crippen molar-refractivity contribution in [2.45, 2.75) is 31.3 Å². The zero-order valence-electron chi connectivity index (χ0n) is 7.69. The predicted octanol–water partition coefficient (Wildman–Crippen LogP) is -0.204. The maximum atomic E-state index is 9.55. The highest BCUT2D eigenvalue weighted by Crippen LogP contribution is 2.23. The lowest BCUT2D eigenvalue weighted by atomic mass is 10.1. The first-order chi connectivity index (χ1) is 5.70. The number of rotatable bonds is 3. The maximum Gasteiger partial charge on any atom is 0.114 e. The van der Waals surface area contributed by atoms with Crippen LogP contribution in [0.1, 0.15) is 6.92 Å². The summed E-state index contributed by atoms with van der Waals surface area (Å²) in [6.45, 7) is 2.28. The lowest BCUT2D eigenvalue weighted by molar-refractivity contribution is -0.0436. The molecular weight excluding hydrogens is 160 g/mol. The van der Waals surface area contributed by atoms with Crippen molar-refractivity contribution < 1.29 is 19.3 Å². The summed E-state index contributed by atoms with van der Waals surface area (Å²) in [7, 11) is 3.17. The topological polar surface area (TPSA) is 47.9 Å². The molecule has 4 nitrogen and oxygen atoms in total. The van der Waals surface area contributed by atoms with Gasteiger partial charge in [0, 0.05) is 14.2 Å². The fourth-order valence-corrected chi connectivity index (χ4v) is 1.51. The Hall–Kier alpha value is -0.160. The molecule has 72 valence electrons. The van der Waals surface area contributed by atoms with Crippen molar-refractivity contribution in [3.63, 3.8) is 0 Å². The first-order valence-corrected chi connectivity index (χ1v) is 4.06. The molecule has 1 N–H and O–H groups in total. The molecule has 1 unspecified atom stereocenters. The SMILES string of the molecule is COC[C@H]1O[C@@H](C)[C@H](O)C1OC. The molecule has 0 saturated carbocycles. The summed E-state index contributed by atoms with van der Waals surface area (Å²) in [5.41, 5.74) is 0. The lowest BCUT2D eigenvalue weighted by Crippen LogP contribution is -2.35. The molecule has 4 atom stereocenters. The summed E-state index contributed by atoms with van der Waals surface area (Å²) in [4.78, 5) is 0. The van der Waals surface area contributed by atoms with Gasteiger partial charge in [-0.1, -0.05) is 0 Å². The summed E-state index contributed by atoms with van der Waals surface area (Å²) in [5.74, 6) is 0. The Morgan fingerprint density at radius 1 is 1.42 bits per heavy atom. The molecule has 0 spiro atoms. The molecular formula is C8H16O4. The minimum Gasteiger partial charge on any atom is -0.388 e. The highest BCUT2D eigenvalue weighted by Gasteiger charge is 2.41. The molecule has 0 amide bonds. The summed E-state index contributed by atoms with van der Waals surface area (Å²) in [5, 5.41) is 9.55. The van der Waals surface area contributed by atoms with Crippen LogP contribution in [0.25, 0.3) is 0 Å². The van der Waals surface area contributed by atoms with Gasteiger partial charge in [-0.15, -0.1) is 0 Å². The van der Waals surface area contributed by atoms with Crippen molar-refractivity contribution in [3.05, 3.63) is 0 Å². The van der Waals surface area contributed by atoms with E-state index >= 15 is 0 Å². The van der Waals surface area contributed by atoms with E-state index in [1.807, 2.05) is 6.92 Å². The van der Waals surface area contributed by atoms with Gasteiger partial charge in [-0.25, -0.2) is 0 Å². The second-order valence-corrected chi connectivity index (χ2v) is 3.03. The Morgan fingerprint density at radius 3 is 2.58 bits per heavy atom. The van der Waals surface area contributed by atoms with E-state index in [1.165, 1.54) is 0 Å². The normalized spacial score (nSPS) is 42.0. The Bertz CT molecular complexity index is 139. The molecule has 1 heterocycles. The molecule has 0 aromatic heterocycles. The van der Waals surface area contributed by atoms with Crippen LogP contribution in [0.2, 0.25) is 0 Å². The van der Waals surface area contributed by atoms with E-state index in [2.05, 4.69) is 0 Å². The van der Waals surface area contributed by atoms with Gasteiger partial charge < -0.3 is 19.3 Å². The van der Waals surface area contributed by atoms with Gasteiger partial charge in [-0.05, 0) is 6.92 Å². The molecule has 0 aromatic rings. The zero-order chi connectivity index (χ0) is 9.14. The Labute approximate surface area is 72.4 Å². The van der Waals surface area contributed by atoms with Crippen LogP contribution in [-0.2, 0) is 14.2 Å². The summed E-state index contributed by atoms with van der Waals surface area (Å²) >= 11 is 0. The van der Waals surface area contributed by atoms with Gasteiger partial charge in [0.25, 0.3) is 0 Å². The van der Waals surface area contributed by atoms with Crippen molar-refractivity contribution in [2.24, 2.45) is 0 Å². The Morgan fingerprint density at radius 2 is 2.08 bits per heavy atom. The fourth-order valence-electron chi connectivity index (χ4n) is 1.51. The molecule has 1 aliphatic rings. The van der Waals surface area contributed by atoms with Gasteiger partial charge >= 0.3 is 0 Å². The number of aliphatic hydroxyl groups is 1. The van der Waals surface area contributed by atoms with Gasteiger partial charge in [0.2, 0.25) is 0 Å². The van der Waals surface area contributed by atoms with Crippen LogP contribution in [0.15, 0.2) is 0 Å². The number of hydrogen-bond acceptors (Lipinski definition) is 4. The van der Waals surface area contributed by atoms with Crippen molar-refractivity contribution in [2.75, 3.05) is 20.8 Å². The average Bonchev–Trinajstić information content (AvgIpc) is 2.29. The standard InChI is InChI=1S/C8H16O4/c1-5-7(9)8(11-3)6(12-5)4-10-2/h5-9H,4H2,1-3H3/t5-,6+,7-,8?/m0/s1. The van der Waals surface area contributed by atoms with Crippen LogP contribution < -0.4 is 0 Å². The van der Waals surface area contributed by atoms with Gasteiger partial charge in [0.1, 0.15) is 18.3 Å². The van der Waals surface area contributed by atoms with E-state index in [0.29, 0.717) is 6.61 Å². The number of aliphatic hydroxyl groups excluding tert-OH is 1. The van der Waals surface area contributed by atoms with Crippen LogP contribution in [0, 0.1) is 0 Å². The number of ether oxygens (including phenoxy) is 3. The third-order valence-corrected chi connectivity index (χ3v) is 2.18. The second kappa shape index (κ2) is 4.18. The molecule has 12 heavy (non-hydrogen) atoms. The molecule has 0 radical (unpaired) electrons. The third kappa shape index (κ3) is 1.77. The van der Waals surface area contributed by atoms with E-state index in [9.17, 15) is 5.11 Å². The highest BCUT2D eigenvalue weighted by molar-refractivity contribution is 4.89. The third-order valence-electron chi connectivity index (χ3n) is 2.18. The quantitative estimate of drug-likeness (QED) is 0.646. The summed E-state index contributed by atoms with van der Waals surface area (Å²) in [6, 6.07) is 0. The van der Waals surface area contributed by atoms with E-state index < -0.39 is 6.10 Å². The second-order valence-electron chi connectivity index (χ2n) is 3.03. The lowest BCUT2D eigenvalue weighted by Gasteiger charge is -2.17. The molecule has 0 aromatic carbocycles. The largest absolute Gasteiger partial charge is 0.388 e. The molecule has 1 fully saturated rings. The van der Waals surface area contributed by atoms with E-state index in [1.54, 1.807) is 14.2 Å². The minimum absolute atomic E-state index is 0.148. The van der Waals surface area contributed by atoms with E-state index in [-0.39, 0.29) is 18.3 Å². The smallest absolute Gasteiger partial charge is 0.114 e. The Balaban J connectivity index is 2.52. The van der Waals surface area contributed by atoms with Crippen LogP contribution in [-0.4, -0.2) is 50.3 Å². The van der Waals surface area contributed by atoms with Crippen LogP contribution >= 0.6 is 0 Å². The molecule has 1 aliphatic heterocycles. The van der Waals surface area contributed by atoms with Gasteiger partial charge in [-0.2, -0.15) is 0 Å². The van der Waals surface area contributed by atoms with Gasteiger partial charge in [-0.3, -0.25) is 0 Å². The van der Waals surface area contributed by atoms with E-state index in [4.69, 9.17) is 14.2 Å². The maximum absolute atomic E-state index is 9.55. The summed E-state index contributed by atoms with van der Waals surface area (Å²) < 4.78 is 15.5. The predicted molar refractivity (Wildman–Crippen MR) is 43.0 cm³/mol. The molecule has 1 rings (SSSR count). The van der Waals surface area contributed by atoms with Crippen molar-refractivity contribution >= 4 is 0 Å². The van der Waals surface area contributed by atoms with Crippen molar-refractivity contribution in [1.82, 2.24) is 0 Å². The molecule has 0 bridgehead atoms.